The average molecular weight is 489 g/mol. The summed E-state index contributed by atoms with van der Waals surface area (Å²) >= 11 is 0. The summed E-state index contributed by atoms with van der Waals surface area (Å²) in [6.45, 7) is 5.85. The van der Waals surface area contributed by atoms with Crippen LogP contribution in [0.3, 0.4) is 0 Å². The Balaban J connectivity index is 1.96. The van der Waals surface area contributed by atoms with E-state index in [0.29, 0.717) is 54.0 Å². The van der Waals surface area contributed by atoms with Gasteiger partial charge in [-0.3, -0.25) is 9.29 Å². The Kier molecular flexibility index (Phi) is 8.94. The van der Waals surface area contributed by atoms with Gasteiger partial charge in [-0.2, -0.15) is 0 Å². The standard InChI is InChI=1S/C23H32N6O4S/c1-15-13-24-22(25-14-15)16(2)17(3)34(31)28-23-27-26-20(11-6-7-12-30)29(23)21-18(32-4)9-8-10-19(21)33-5/h8-10,13-14,16-17,30H,6-7,11-12H2,1-5H3,(H,27,28). The number of ether oxygens (including phenoxy) is 2. The van der Waals surface area contributed by atoms with Gasteiger partial charge in [0.25, 0.3) is 0 Å². The molecule has 0 fully saturated rings. The van der Waals surface area contributed by atoms with Gasteiger partial charge in [-0.1, -0.05) is 13.0 Å². The van der Waals surface area contributed by atoms with E-state index in [9.17, 15) is 9.32 Å². The molecule has 2 N–H and O–H groups in total. The minimum atomic E-state index is -1.52. The van der Waals surface area contributed by atoms with E-state index in [0.717, 1.165) is 5.56 Å². The minimum absolute atomic E-state index is 0.0950. The fraction of sp³-hybridized carbons (Fsp3) is 0.478. The van der Waals surface area contributed by atoms with E-state index in [-0.39, 0.29) is 17.8 Å². The lowest BCUT2D eigenvalue weighted by Gasteiger charge is -2.20. The van der Waals surface area contributed by atoms with Crippen LogP contribution in [0.25, 0.3) is 5.69 Å². The summed E-state index contributed by atoms with van der Waals surface area (Å²) in [5, 5.41) is 17.5. The first-order valence-corrected chi connectivity index (χ1v) is 12.3. The summed E-state index contributed by atoms with van der Waals surface area (Å²) in [7, 11) is 1.63. The zero-order chi connectivity index (χ0) is 24.7. The molecule has 0 amide bonds. The number of para-hydroxylation sites is 1. The monoisotopic (exact) mass is 488 g/mol. The van der Waals surface area contributed by atoms with E-state index in [1.54, 1.807) is 31.2 Å². The lowest BCUT2D eigenvalue weighted by Crippen LogP contribution is -2.26. The van der Waals surface area contributed by atoms with Crippen molar-refractivity contribution in [1.29, 1.82) is 0 Å². The van der Waals surface area contributed by atoms with Crippen LogP contribution in [0.1, 0.15) is 49.8 Å². The molecule has 0 saturated heterocycles. The Morgan fingerprint density at radius 3 is 2.32 bits per heavy atom. The van der Waals surface area contributed by atoms with Gasteiger partial charge in [0.05, 0.1) is 19.5 Å². The van der Waals surface area contributed by atoms with Crippen LogP contribution in [-0.4, -0.2) is 60.1 Å². The van der Waals surface area contributed by atoms with Gasteiger partial charge in [-0.25, -0.2) is 14.2 Å². The third kappa shape index (κ3) is 5.71. The van der Waals surface area contributed by atoms with Crippen molar-refractivity contribution in [2.75, 3.05) is 25.5 Å². The van der Waals surface area contributed by atoms with Gasteiger partial charge in [0.1, 0.15) is 39.8 Å². The van der Waals surface area contributed by atoms with Crippen LogP contribution >= 0.6 is 0 Å². The van der Waals surface area contributed by atoms with Crippen LogP contribution in [0.2, 0.25) is 0 Å². The van der Waals surface area contributed by atoms with Crippen LogP contribution in [0.15, 0.2) is 30.6 Å². The number of benzene rings is 1. The molecule has 0 bridgehead atoms. The molecule has 0 saturated carbocycles. The minimum Gasteiger partial charge on any atom is -0.494 e. The molecule has 3 rings (SSSR count). The van der Waals surface area contributed by atoms with Crippen LogP contribution in [0.5, 0.6) is 11.5 Å². The number of aliphatic hydroxyl groups is 1. The third-order valence-corrected chi connectivity index (χ3v) is 7.07. The van der Waals surface area contributed by atoms with Crippen LogP contribution in [0, 0.1) is 6.92 Å². The highest BCUT2D eigenvalue weighted by atomic mass is 32.2. The van der Waals surface area contributed by atoms with E-state index >= 15 is 0 Å². The second kappa shape index (κ2) is 11.9. The number of nitrogens with one attached hydrogen (secondary N) is 1. The fourth-order valence-corrected chi connectivity index (χ4v) is 4.43. The van der Waals surface area contributed by atoms with E-state index in [4.69, 9.17) is 9.47 Å². The van der Waals surface area contributed by atoms with Gasteiger partial charge in [-0.15, -0.1) is 10.2 Å². The highest BCUT2D eigenvalue weighted by Gasteiger charge is 2.27. The molecule has 0 aliphatic heterocycles. The molecule has 3 aromatic rings. The zero-order valence-electron chi connectivity index (χ0n) is 20.2. The van der Waals surface area contributed by atoms with E-state index in [2.05, 4.69) is 24.9 Å². The van der Waals surface area contributed by atoms with Gasteiger partial charge in [-0.05, 0) is 44.4 Å². The van der Waals surface area contributed by atoms with E-state index in [1.165, 1.54) is 0 Å². The first-order valence-electron chi connectivity index (χ1n) is 11.1. The Hall–Kier alpha value is -3.05. The second-order valence-corrected chi connectivity index (χ2v) is 9.52. The maximum Gasteiger partial charge on any atom is 0.241 e. The molecular weight excluding hydrogens is 456 g/mol. The van der Waals surface area contributed by atoms with Crippen molar-refractivity contribution in [2.45, 2.75) is 51.2 Å². The SMILES string of the molecule is COc1cccc(OC)c1-n1c(CCCCO)nnc1NS(=O)C(C)C(C)c1ncc(C)cn1. The molecule has 34 heavy (non-hydrogen) atoms. The van der Waals surface area contributed by atoms with Crippen molar-refractivity contribution < 1.29 is 18.8 Å². The molecule has 11 heteroatoms. The number of aliphatic hydroxyl groups excluding tert-OH is 1. The summed E-state index contributed by atoms with van der Waals surface area (Å²) in [6.07, 6.45) is 5.42. The summed E-state index contributed by atoms with van der Waals surface area (Å²) < 4.78 is 29.3. The Morgan fingerprint density at radius 1 is 1.09 bits per heavy atom. The molecule has 1 aromatic carbocycles. The fourth-order valence-electron chi connectivity index (χ4n) is 3.44. The van der Waals surface area contributed by atoms with E-state index < -0.39 is 11.0 Å². The number of unbranched alkanes of at least 4 members (excludes halogenated alkanes) is 1. The number of aromatic nitrogens is 5. The van der Waals surface area contributed by atoms with Gasteiger partial charge < -0.3 is 14.6 Å². The first kappa shape index (κ1) is 25.6. The molecule has 0 radical (unpaired) electrons. The van der Waals surface area contributed by atoms with Crippen molar-refractivity contribution in [3.63, 3.8) is 0 Å². The molecule has 2 heterocycles. The first-order chi connectivity index (χ1) is 16.4. The van der Waals surface area contributed by atoms with Crippen LogP contribution in [0.4, 0.5) is 5.95 Å². The molecule has 10 nitrogen and oxygen atoms in total. The summed E-state index contributed by atoms with van der Waals surface area (Å²) in [6, 6.07) is 5.46. The second-order valence-electron chi connectivity index (χ2n) is 7.98. The van der Waals surface area contributed by atoms with Gasteiger partial charge >= 0.3 is 0 Å². The van der Waals surface area contributed by atoms with Crippen molar-refractivity contribution in [3.05, 3.63) is 47.8 Å². The quantitative estimate of drug-likeness (QED) is 0.373. The van der Waals surface area contributed by atoms with Crippen LogP contribution < -0.4 is 14.2 Å². The summed E-state index contributed by atoms with van der Waals surface area (Å²) in [4.78, 5) is 8.77. The number of nitrogens with zero attached hydrogens (tertiary/aromatic N) is 5. The molecule has 3 unspecified atom stereocenters. The topological polar surface area (TPSA) is 124 Å². The smallest absolute Gasteiger partial charge is 0.241 e. The number of methoxy groups -OCH3 is 2. The van der Waals surface area contributed by atoms with Gasteiger partial charge in [0.2, 0.25) is 5.95 Å². The molecular formula is C23H32N6O4S. The largest absolute Gasteiger partial charge is 0.494 e. The molecule has 0 spiro atoms. The lowest BCUT2D eigenvalue weighted by atomic mass is 10.1. The highest BCUT2D eigenvalue weighted by molar-refractivity contribution is 7.87. The van der Waals surface area contributed by atoms with Gasteiger partial charge in [0, 0.05) is 31.3 Å². The Labute approximate surface area is 202 Å². The molecule has 3 atom stereocenters. The maximum absolute atomic E-state index is 13.3. The molecule has 2 aromatic heterocycles. The Morgan fingerprint density at radius 2 is 1.74 bits per heavy atom. The summed E-state index contributed by atoms with van der Waals surface area (Å²) in [5.74, 6) is 2.54. The number of aryl methyl sites for hydroxylation is 2. The number of rotatable bonds is 12. The zero-order valence-corrected chi connectivity index (χ0v) is 21.0. The van der Waals surface area contributed by atoms with Crippen molar-refractivity contribution in [2.24, 2.45) is 0 Å². The Bertz CT molecular complexity index is 1080. The summed E-state index contributed by atoms with van der Waals surface area (Å²) in [5.41, 5.74) is 1.58. The predicted molar refractivity (Wildman–Crippen MR) is 131 cm³/mol. The maximum atomic E-state index is 13.3. The molecule has 0 aliphatic rings. The van der Waals surface area contributed by atoms with Gasteiger partial charge in [0.15, 0.2) is 0 Å². The lowest BCUT2D eigenvalue weighted by molar-refractivity contribution is 0.284. The predicted octanol–water partition coefficient (Wildman–Crippen LogP) is 2.97. The van der Waals surface area contributed by atoms with Crippen molar-refractivity contribution in [3.8, 4) is 17.2 Å². The average Bonchev–Trinajstić information content (AvgIpc) is 3.24. The molecule has 0 aliphatic carbocycles. The van der Waals surface area contributed by atoms with E-state index in [1.807, 2.05) is 39.0 Å². The third-order valence-electron chi connectivity index (χ3n) is 5.61. The number of anilines is 1. The van der Waals surface area contributed by atoms with Crippen LogP contribution in [-0.2, 0) is 17.4 Å². The molecule has 184 valence electrons. The van der Waals surface area contributed by atoms with Crippen molar-refractivity contribution >= 4 is 16.9 Å². The highest BCUT2D eigenvalue weighted by Crippen LogP contribution is 2.35. The normalized spacial score (nSPS) is 13.8. The number of hydrogen-bond donors (Lipinski definition) is 2. The number of hydrogen-bond acceptors (Lipinski definition) is 8. The van der Waals surface area contributed by atoms with Crippen molar-refractivity contribution in [1.82, 2.24) is 24.7 Å².